The molecular formula is C17H33N. The van der Waals surface area contributed by atoms with Crippen LogP contribution in [0.5, 0.6) is 0 Å². The first-order chi connectivity index (χ1) is 8.66. The largest absolute Gasteiger partial charge is 0.311 e. The maximum absolute atomic E-state index is 3.95. The minimum absolute atomic E-state index is 0.755. The van der Waals surface area contributed by atoms with Gasteiger partial charge in [-0.3, -0.25) is 0 Å². The molecule has 0 aromatic heterocycles. The quantitative estimate of drug-likeness (QED) is 0.759. The number of nitrogens with one attached hydrogen (secondary N) is 1. The number of hydrogen-bond donors (Lipinski definition) is 1. The lowest BCUT2D eigenvalue weighted by Crippen LogP contribution is -2.43. The average Bonchev–Trinajstić information content (AvgIpc) is 2.40. The van der Waals surface area contributed by atoms with E-state index in [0.29, 0.717) is 0 Å². The van der Waals surface area contributed by atoms with Crippen LogP contribution in [0.4, 0.5) is 0 Å². The van der Waals surface area contributed by atoms with E-state index in [1.165, 1.54) is 57.8 Å². The highest BCUT2D eigenvalue weighted by atomic mass is 15.0. The van der Waals surface area contributed by atoms with Gasteiger partial charge in [-0.25, -0.2) is 0 Å². The molecule has 0 bridgehead atoms. The molecule has 0 aliphatic heterocycles. The van der Waals surface area contributed by atoms with Gasteiger partial charge in [0.25, 0.3) is 0 Å². The minimum Gasteiger partial charge on any atom is -0.311 e. The highest BCUT2D eigenvalue weighted by Gasteiger charge is 2.26. The van der Waals surface area contributed by atoms with Crippen molar-refractivity contribution in [3.05, 3.63) is 0 Å². The van der Waals surface area contributed by atoms with E-state index >= 15 is 0 Å². The Balaban J connectivity index is 1.70. The van der Waals surface area contributed by atoms with Crippen LogP contribution in [0, 0.1) is 17.8 Å². The van der Waals surface area contributed by atoms with Crippen LogP contribution in [-0.4, -0.2) is 12.1 Å². The van der Waals surface area contributed by atoms with Crippen LogP contribution < -0.4 is 5.32 Å². The first-order valence-corrected chi connectivity index (χ1v) is 8.43. The molecule has 0 unspecified atom stereocenters. The first kappa shape index (κ1) is 14.4. The molecule has 0 heterocycles. The summed E-state index contributed by atoms with van der Waals surface area (Å²) in [6.07, 6.45) is 13.1. The SMILES string of the molecule is CC(C)C1CCC(N[C@@H](C)C2CCCCC2)CC1. The summed E-state index contributed by atoms with van der Waals surface area (Å²) in [6.45, 7) is 7.22. The fraction of sp³-hybridized carbons (Fsp3) is 1.00. The van der Waals surface area contributed by atoms with Gasteiger partial charge in [-0.1, -0.05) is 33.1 Å². The van der Waals surface area contributed by atoms with Gasteiger partial charge < -0.3 is 5.32 Å². The van der Waals surface area contributed by atoms with E-state index in [9.17, 15) is 0 Å². The number of hydrogen-bond acceptors (Lipinski definition) is 1. The van der Waals surface area contributed by atoms with E-state index in [-0.39, 0.29) is 0 Å². The predicted molar refractivity (Wildman–Crippen MR) is 79.8 cm³/mol. The lowest BCUT2D eigenvalue weighted by atomic mass is 9.78. The Labute approximate surface area is 114 Å². The van der Waals surface area contributed by atoms with Crippen LogP contribution in [0.1, 0.15) is 78.6 Å². The van der Waals surface area contributed by atoms with E-state index in [0.717, 1.165) is 29.8 Å². The zero-order chi connectivity index (χ0) is 13.0. The second-order valence-corrected chi connectivity index (χ2v) is 7.21. The van der Waals surface area contributed by atoms with Crippen LogP contribution in [0.2, 0.25) is 0 Å². The fourth-order valence-electron chi connectivity index (χ4n) is 4.09. The van der Waals surface area contributed by atoms with Gasteiger partial charge in [0.2, 0.25) is 0 Å². The number of rotatable bonds is 4. The average molecular weight is 251 g/mol. The van der Waals surface area contributed by atoms with Crippen molar-refractivity contribution >= 4 is 0 Å². The van der Waals surface area contributed by atoms with Crippen molar-refractivity contribution < 1.29 is 0 Å². The summed E-state index contributed by atoms with van der Waals surface area (Å²) < 4.78 is 0. The highest BCUT2D eigenvalue weighted by Crippen LogP contribution is 2.31. The van der Waals surface area contributed by atoms with Crippen molar-refractivity contribution in [2.75, 3.05) is 0 Å². The van der Waals surface area contributed by atoms with Crippen molar-refractivity contribution in [1.82, 2.24) is 5.32 Å². The van der Waals surface area contributed by atoms with Crippen molar-refractivity contribution in [2.45, 2.75) is 90.6 Å². The van der Waals surface area contributed by atoms with Crippen LogP contribution in [0.3, 0.4) is 0 Å². The summed E-state index contributed by atoms with van der Waals surface area (Å²) in [6, 6.07) is 1.57. The molecule has 18 heavy (non-hydrogen) atoms. The summed E-state index contributed by atoms with van der Waals surface area (Å²) in [5.41, 5.74) is 0. The van der Waals surface area contributed by atoms with Gasteiger partial charge >= 0.3 is 0 Å². The van der Waals surface area contributed by atoms with Gasteiger partial charge in [0.1, 0.15) is 0 Å². The molecule has 1 nitrogen and oxygen atoms in total. The zero-order valence-corrected chi connectivity index (χ0v) is 12.8. The Kier molecular flexibility index (Phi) is 5.54. The van der Waals surface area contributed by atoms with Crippen LogP contribution >= 0.6 is 0 Å². The standard InChI is InChI=1S/C17H33N/c1-13(2)15-9-11-17(12-10-15)18-14(3)16-7-5-4-6-8-16/h13-18H,4-12H2,1-3H3/t14-,15?,17?/m0/s1. The first-order valence-electron chi connectivity index (χ1n) is 8.43. The second kappa shape index (κ2) is 6.93. The van der Waals surface area contributed by atoms with Gasteiger partial charge in [-0.2, -0.15) is 0 Å². The Morgan fingerprint density at radius 3 is 1.89 bits per heavy atom. The molecule has 2 aliphatic carbocycles. The van der Waals surface area contributed by atoms with Gasteiger partial charge in [-0.05, 0) is 63.2 Å². The summed E-state index contributed by atoms with van der Waals surface area (Å²) in [4.78, 5) is 0. The molecule has 1 N–H and O–H groups in total. The van der Waals surface area contributed by atoms with Crippen molar-refractivity contribution in [3.8, 4) is 0 Å². The van der Waals surface area contributed by atoms with Gasteiger partial charge in [0.15, 0.2) is 0 Å². The minimum atomic E-state index is 0.755. The third-order valence-electron chi connectivity index (χ3n) is 5.57. The summed E-state index contributed by atoms with van der Waals surface area (Å²) >= 11 is 0. The Bertz CT molecular complexity index is 222. The summed E-state index contributed by atoms with van der Waals surface area (Å²) in [5.74, 6) is 2.84. The van der Waals surface area contributed by atoms with E-state index in [1.54, 1.807) is 0 Å². The topological polar surface area (TPSA) is 12.0 Å². The molecule has 2 saturated carbocycles. The highest BCUT2D eigenvalue weighted by molar-refractivity contribution is 4.83. The molecule has 106 valence electrons. The third-order valence-corrected chi connectivity index (χ3v) is 5.57. The van der Waals surface area contributed by atoms with Crippen LogP contribution in [-0.2, 0) is 0 Å². The van der Waals surface area contributed by atoms with E-state index in [2.05, 4.69) is 26.1 Å². The second-order valence-electron chi connectivity index (χ2n) is 7.21. The predicted octanol–water partition coefficient (Wildman–Crippen LogP) is 4.76. The van der Waals surface area contributed by atoms with Crippen molar-refractivity contribution in [3.63, 3.8) is 0 Å². The van der Waals surface area contributed by atoms with E-state index in [4.69, 9.17) is 0 Å². The normalized spacial score (nSPS) is 32.7. The Morgan fingerprint density at radius 2 is 1.33 bits per heavy atom. The maximum Gasteiger partial charge on any atom is 0.00698 e. The van der Waals surface area contributed by atoms with Gasteiger partial charge in [0.05, 0.1) is 0 Å². The molecule has 0 amide bonds. The van der Waals surface area contributed by atoms with Gasteiger partial charge in [0, 0.05) is 12.1 Å². The van der Waals surface area contributed by atoms with Gasteiger partial charge in [-0.15, -0.1) is 0 Å². The van der Waals surface area contributed by atoms with E-state index in [1.807, 2.05) is 0 Å². The fourth-order valence-corrected chi connectivity index (χ4v) is 4.09. The third kappa shape index (κ3) is 3.98. The molecule has 0 saturated heterocycles. The molecule has 2 fully saturated rings. The molecule has 2 aliphatic rings. The monoisotopic (exact) mass is 251 g/mol. The molecular weight excluding hydrogens is 218 g/mol. The van der Waals surface area contributed by atoms with E-state index < -0.39 is 0 Å². The van der Waals surface area contributed by atoms with Crippen molar-refractivity contribution in [2.24, 2.45) is 17.8 Å². The Hall–Kier alpha value is -0.0400. The smallest absolute Gasteiger partial charge is 0.00698 e. The molecule has 0 spiro atoms. The summed E-state index contributed by atoms with van der Waals surface area (Å²) in [5, 5.41) is 3.95. The van der Waals surface area contributed by atoms with Crippen LogP contribution in [0.25, 0.3) is 0 Å². The lowest BCUT2D eigenvalue weighted by molar-refractivity contribution is 0.202. The molecule has 1 atom stereocenters. The molecule has 2 rings (SSSR count). The lowest BCUT2D eigenvalue weighted by Gasteiger charge is -2.36. The Morgan fingerprint density at radius 1 is 0.722 bits per heavy atom. The summed E-state index contributed by atoms with van der Waals surface area (Å²) in [7, 11) is 0. The molecule has 1 heteroatoms. The van der Waals surface area contributed by atoms with Crippen LogP contribution in [0.15, 0.2) is 0 Å². The van der Waals surface area contributed by atoms with Crippen molar-refractivity contribution in [1.29, 1.82) is 0 Å². The molecule has 0 aromatic rings. The zero-order valence-electron chi connectivity index (χ0n) is 12.8. The molecule has 0 radical (unpaired) electrons. The maximum atomic E-state index is 3.95. The molecule has 0 aromatic carbocycles.